The molecule has 3 aromatic rings. The summed E-state index contributed by atoms with van der Waals surface area (Å²) in [5.74, 6) is -0.0430. The number of rotatable bonds is 6. The molecule has 0 fully saturated rings. The van der Waals surface area contributed by atoms with E-state index >= 15 is 0 Å². The van der Waals surface area contributed by atoms with Crippen LogP contribution in [0.2, 0.25) is 0 Å². The molecule has 112 valence electrons. The van der Waals surface area contributed by atoms with Gasteiger partial charge in [0.15, 0.2) is 0 Å². The average molecular weight is 314 g/mol. The molecular formula is C16H14N2O3S. The Morgan fingerprint density at radius 1 is 1.32 bits per heavy atom. The quantitative estimate of drug-likeness (QED) is 0.702. The normalized spacial score (nSPS) is 12.2. The molecule has 6 heteroatoms. The molecule has 0 bridgehead atoms. The van der Waals surface area contributed by atoms with Gasteiger partial charge in [-0.25, -0.2) is 9.78 Å². The first-order valence-corrected chi connectivity index (χ1v) is 7.59. The highest BCUT2D eigenvalue weighted by Gasteiger charge is 2.17. The molecule has 0 saturated carbocycles. The lowest BCUT2D eigenvalue weighted by Gasteiger charge is -2.15. The molecule has 1 aromatic carbocycles. The summed E-state index contributed by atoms with van der Waals surface area (Å²) in [6.45, 7) is 0.721. The van der Waals surface area contributed by atoms with E-state index in [9.17, 15) is 4.79 Å². The van der Waals surface area contributed by atoms with Gasteiger partial charge in [0, 0.05) is 23.8 Å². The summed E-state index contributed by atoms with van der Waals surface area (Å²) >= 11 is 1.63. The summed E-state index contributed by atoms with van der Waals surface area (Å²) in [5, 5.41) is 9.03. The van der Waals surface area contributed by atoms with Crippen molar-refractivity contribution in [1.82, 2.24) is 9.55 Å². The average Bonchev–Trinajstić information content (AvgIpc) is 3.20. The second-order valence-corrected chi connectivity index (χ2v) is 5.99. The lowest BCUT2D eigenvalue weighted by atomic mass is 10.2. The molecule has 1 unspecified atom stereocenters. The van der Waals surface area contributed by atoms with Crippen LogP contribution in [0.25, 0.3) is 0 Å². The third-order valence-electron chi connectivity index (χ3n) is 3.18. The number of benzene rings is 1. The van der Waals surface area contributed by atoms with E-state index in [-0.39, 0.29) is 10.8 Å². The van der Waals surface area contributed by atoms with Crippen molar-refractivity contribution >= 4 is 17.7 Å². The van der Waals surface area contributed by atoms with Crippen LogP contribution in [0.4, 0.5) is 0 Å². The number of hydrogen-bond donors (Lipinski definition) is 1. The van der Waals surface area contributed by atoms with Gasteiger partial charge in [-0.15, -0.1) is 11.8 Å². The van der Waals surface area contributed by atoms with Crippen molar-refractivity contribution in [2.45, 2.75) is 16.7 Å². The lowest BCUT2D eigenvalue weighted by Crippen LogP contribution is -2.04. The van der Waals surface area contributed by atoms with Gasteiger partial charge in [-0.1, -0.05) is 0 Å². The fourth-order valence-corrected chi connectivity index (χ4v) is 3.21. The summed E-state index contributed by atoms with van der Waals surface area (Å²) in [6, 6.07) is 10.7. The fourth-order valence-electron chi connectivity index (χ4n) is 2.09. The van der Waals surface area contributed by atoms with Crippen LogP contribution in [0.1, 0.15) is 21.4 Å². The maximum atomic E-state index is 10.9. The minimum absolute atomic E-state index is 0.0832. The lowest BCUT2D eigenvalue weighted by molar-refractivity contribution is 0.0697. The number of aromatic nitrogens is 2. The van der Waals surface area contributed by atoms with Crippen LogP contribution < -0.4 is 0 Å². The molecule has 22 heavy (non-hydrogen) atoms. The van der Waals surface area contributed by atoms with E-state index < -0.39 is 5.97 Å². The first-order chi connectivity index (χ1) is 10.7. The van der Waals surface area contributed by atoms with Crippen molar-refractivity contribution in [2.75, 3.05) is 0 Å². The van der Waals surface area contributed by atoms with Crippen LogP contribution in [0.5, 0.6) is 0 Å². The first kappa shape index (κ1) is 14.5. The Morgan fingerprint density at radius 2 is 2.14 bits per heavy atom. The van der Waals surface area contributed by atoms with E-state index in [1.165, 1.54) is 0 Å². The fraction of sp³-hybridized carbons (Fsp3) is 0.125. The Kier molecular flexibility index (Phi) is 4.29. The zero-order valence-electron chi connectivity index (χ0n) is 11.6. The summed E-state index contributed by atoms with van der Waals surface area (Å²) in [7, 11) is 0. The smallest absolute Gasteiger partial charge is 0.335 e. The van der Waals surface area contributed by atoms with Crippen molar-refractivity contribution in [3.63, 3.8) is 0 Å². The molecule has 2 aromatic heterocycles. The molecule has 2 heterocycles. The second kappa shape index (κ2) is 6.53. The van der Waals surface area contributed by atoms with Gasteiger partial charge in [-0.3, -0.25) is 0 Å². The molecule has 0 spiro atoms. The van der Waals surface area contributed by atoms with Gasteiger partial charge < -0.3 is 14.1 Å². The third-order valence-corrected chi connectivity index (χ3v) is 4.39. The molecule has 0 aliphatic heterocycles. The molecule has 5 nitrogen and oxygen atoms in total. The minimum atomic E-state index is -0.919. The first-order valence-electron chi connectivity index (χ1n) is 6.71. The minimum Gasteiger partial charge on any atom is -0.478 e. The van der Waals surface area contributed by atoms with E-state index in [0.29, 0.717) is 0 Å². The predicted octanol–water partition coefficient (Wildman–Crippen LogP) is 3.71. The highest BCUT2D eigenvalue weighted by Crippen LogP contribution is 2.36. The van der Waals surface area contributed by atoms with Gasteiger partial charge in [0.1, 0.15) is 5.76 Å². The van der Waals surface area contributed by atoms with Gasteiger partial charge in [-0.05, 0) is 36.4 Å². The summed E-state index contributed by atoms with van der Waals surface area (Å²) in [5.41, 5.74) is 0.286. The molecule has 1 N–H and O–H groups in total. The van der Waals surface area contributed by atoms with Gasteiger partial charge in [0.2, 0.25) is 0 Å². The maximum absolute atomic E-state index is 10.9. The summed E-state index contributed by atoms with van der Waals surface area (Å²) < 4.78 is 7.52. The van der Waals surface area contributed by atoms with Crippen molar-refractivity contribution in [1.29, 1.82) is 0 Å². The molecule has 0 saturated heterocycles. The Hall–Kier alpha value is -2.47. The van der Waals surface area contributed by atoms with E-state index in [1.54, 1.807) is 42.7 Å². The molecule has 0 amide bonds. The summed E-state index contributed by atoms with van der Waals surface area (Å²) in [4.78, 5) is 15.9. The zero-order valence-corrected chi connectivity index (χ0v) is 12.4. The number of carboxylic acid groups (broad SMARTS) is 1. The van der Waals surface area contributed by atoms with Crippen LogP contribution in [-0.2, 0) is 6.54 Å². The largest absolute Gasteiger partial charge is 0.478 e. The topological polar surface area (TPSA) is 68.3 Å². The summed E-state index contributed by atoms with van der Waals surface area (Å²) in [6.07, 6.45) is 7.07. The molecule has 0 aliphatic carbocycles. The third kappa shape index (κ3) is 3.40. The van der Waals surface area contributed by atoms with Gasteiger partial charge in [0.05, 0.1) is 23.4 Å². The van der Waals surface area contributed by atoms with E-state index in [0.717, 1.165) is 17.2 Å². The molecule has 3 rings (SSSR count). The van der Waals surface area contributed by atoms with Crippen molar-refractivity contribution in [2.24, 2.45) is 0 Å². The van der Waals surface area contributed by atoms with E-state index in [2.05, 4.69) is 4.98 Å². The van der Waals surface area contributed by atoms with Crippen LogP contribution >= 0.6 is 11.8 Å². The van der Waals surface area contributed by atoms with Crippen LogP contribution in [-0.4, -0.2) is 20.6 Å². The number of thioether (sulfide) groups is 1. The second-order valence-electron chi connectivity index (χ2n) is 4.71. The zero-order chi connectivity index (χ0) is 15.4. The Balaban J connectivity index is 1.79. The Bertz CT molecular complexity index is 721. The highest BCUT2D eigenvalue weighted by molar-refractivity contribution is 7.99. The highest BCUT2D eigenvalue weighted by atomic mass is 32.2. The number of nitrogens with zero attached hydrogens (tertiary/aromatic N) is 2. The molecule has 1 atom stereocenters. The van der Waals surface area contributed by atoms with Crippen LogP contribution in [0, 0.1) is 0 Å². The monoisotopic (exact) mass is 314 g/mol. The predicted molar refractivity (Wildman–Crippen MR) is 82.9 cm³/mol. The Labute approximate surface area is 131 Å². The number of carboxylic acids is 1. The van der Waals surface area contributed by atoms with E-state index in [4.69, 9.17) is 9.52 Å². The van der Waals surface area contributed by atoms with Crippen molar-refractivity contribution in [3.8, 4) is 0 Å². The van der Waals surface area contributed by atoms with Crippen LogP contribution in [0.15, 0.2) is 70.7 Å². The van der Waals surface area contributed by atoms with Gasteiger partial charge >= 0.3 is 5.97 Å². The molecular weight excluding hydrogens is 300 g/mol. The Morgan fingerprint density at radius 3 is 2.73 bits per heavy atom. The van der Waals surface area contributed by atoms with E-state index in [1.807, 2.05) is 35.0 Å². The van der Waals surface area contributed by atoms with Gasteiger partial charge in [-0.2, -0.15) is 0 Å². The molecule has 0 radical (unpaired) electrons. The SMILES string of the molecule is O=C(O)c1ccc(SC(Cn2ccnc2)c2ccco2)cc1. The van der Waals surface area contributed by atoms with Crippen LogP contribution in [0.3, 0.4) is 0 Å². The molecule has 0 aliphatic rings. The standard InChI is InChI=1S/C16H14N2O3S/c19-16(20)12-3-5-13(6-4-12)22-15(14-2-1-9-21-14)10-18-8-7-17-11-18/h1-9,11,15H,10H2,(H,19,20). The van der Waals surface area contributed by atoms with Crippen molar-refractivity contribution < 1.29 is 14.3 Å². The number of imidazole rings is 1. The number of furan rings is 1. The van der Waals surface area contributed by atoms with Crippen molar-refractivity contribution in [3.05, 3.63) is 72.7 Å². The number of aromatic carboxylic acids is 1. The number of hydrogen-bond acceptors (Lipinski definition) is 4. The number of carbonyl (C=O) groups is 1. The van der Waals surface area contributed by atoms with Gasteiger partial charge in [0.25, 0.3) is 0 Å². The maximum Gasteiger partial charge on any atom is 0.335 e.